The van der Waals surface area contributed by atoms with Crippen molar-refractivity contribution in [1.82, 2.24) is 0 Å². The van der Waals surface area contributed by atoms with Crippen LogP contribution < -0.4 is 18.9 Å². The van der Waals surface area contributed by atoms with Crippen molar-refractivity contribution in [3.63, 3.8) is 0 Å². The van der Waals surface area contributed by atoms with Gasteiger partial charge < -0.3 is 1.43 Å². The Morgan fingerprint density at radius 1 is 0.500 bits per heavy atom. The molecule has 0 radical (unpaired) electrons. The van der Waals surface area contributed by atoms with Gasteiger partial charge in [0.2, 0.25) is 0 Å². The van der Waals surface area contributed by atoms with Gasteiger partial charge in [-0.2, -0.15) is 0 Å². The fourth-order valence-corrected chi connectivity index (χ4v) is 0. The van der Waals surface area contributed by atoms with Crippen molar-refractivity contribution >= 4 is 18.0 Å². The Labute approximate surface area is 67.0 Å². The summed E-state index contributed by atoms with van der Waals surface area (Å²) in [6, 6.07) is 0. The van der Waals surface area contributed by atoms with Crippen LogP contribution >= 0.6 is 0 Å². The van der Waals surface area contributed by atoms with E-state index in [4.69, 9.17) is 0 Å². The minimum Gasteiger partial charge on any atom is -1.00 e. The second-order valence-corrected chi connectivity index (χ2v) is 0. The van der Waals surface area contributed by atoms with Crippen molar-refractivity contribution in [3.8, 4) is 0 Å². The van der Waals surface area contributed by atoms with Gasteiger partial charge in [0.05, 0.1) is 0 Å². The van der Waals surface area contributed by atoms with Gasteiger partial charge in [-0.15, -0.1) is 0 Å². The molecule has 0 rings (SSSR count). The standard InChI is InChI=1S/AsH3.6FH.Li.H/h1H3;6*1H;;/q;;;;;;;+1;-1. The fraction of sp³-hybridized carbons (Fsp3) is 0. The van der Waals surface area contributed by atoms with Crippen molar-refractivity contribution in [2.45, 2.75) is 0 Å². The van der Waals surface area contributed by atoms with Crippen molar-refractivity contribution in [2.24, 2.45) is 0 Å². The van der Waals surface area contributed by atoms with Crippen LogP contribution in [0.2, 0.25) is 0 Å². The third-order valence-corrected chi connectivity index (χ3v) is 0. The number of rotatable bonds is 0. The zero-order valence-electron chi connectivity index (χ0n) is 5.16. The summed E-state index contributed by atoms with van der Waals surface area (Å²) < 4.78 is 0. The summed E-state index contributed by atoms with van der Waals surface area (Å²) in [5.41, 5.74) is 0. The summed E-state index contributed by atoms with van der Waals surface area (Å²) >= 11 is 0. The zero-order valence-corrected chi connectivity index (χ0v) is 7.12. The predicted octanol–water partition coefficient (Wildman–Crippen LogP) is -3.15. The molecule has 0 heterocycles. The first-order valence-corrected chi connectivity index (χ1v) is 0. The minimum absolute atomic E-state index is 0. The third-order valence-electron chi connectivity index (χ3n) is 0. The maximum Gasteiger partial charge on any atom is 1.00 e. The van der Waals surface area contributed by atoms with Crippen LogP contribution in [0.15, 0.2) is 0 Å². The maximum absolute atomic E-state index is 0. The van der Waals surface area contributed by atoms with Gasteiger partial charge in [0.15, 0.2) is 0 Å². The average molecular weight is 206 g/mol. The number of hydrogen-bond acceptors (Lipinski definition) is 0. The van der Waals surface area contributed by atoms with Crippen molar-refractivity contribution < 1.29 is 48.5 Å². The summed E-state index contributed by atoms with van der Waals surface area (Å²) in [5, 5.41) is 0. The first-order chi connectivity index (χ1) is 0. The van der Waals surface area contributed by atoms with E-state index in [9.17, 15) is 0 Å². The molecule has 0 N–H and O–H groups in total. The van der Waals surface area contributed by atoms with E-state index in [2.05, 4.69) is 0 Å². The van der Waals surface area contributed by atoms with Gasteiger partial charge in [-0.05, 0) is 0 Å². The van der Waals surface area contributed by atoms with Crippen molar-refractivity contribution in [1.29, 1.82) is 0 Å². The van der Waals surface area contributed by atoms with Gasteiger partial charge in [-0.1, -0.05) is 0 Å². The summed E-state index contributed by atoms with van der Waals surface area (Å²) in [5.74, 6) is 0. The normalized spacial score (nSPS) is 0. The van der Waals surface area contributed by atoms with Crippen LogP contribution in [0.1, 0.15) is 1.43 Å². The molecular weight excluding hydrogens is 196 g/mol. The van der Waals surface area contributed by atoms with Gasteiger partial charge in [0, 0.05) is 0 Å². The summed E-state index contributed by atoms with van der Waals surface area (Å²) in [4.78, 5) is 0. The Balaban J connectivity index is 0. The second kappa shape index (κ2) is 648. The molecule has 0 aliphatic heterocycles. The van der Waals surface area contributed by atoms with Crippen LogP contribution in [-0.4, -0.2) is 18.0 Å². The van der Waals surface area contributed by atoms with Crippen molar-refractivity contribution in [2.75, 3.05) is 0 Å². The van der Waals surface area contributed by atoms with Crippen LogP contribution in [0.25, 0.3) is 0 Å². The zero-order chi connectivity index (χ0) is 0. The summed E-state index contributed by atoms with van der Waals surface area (Å²) in [6.07, 6.45) is 0. The van der Waals surface area contributed by atoms with Crippen LogP contribution in [0, 0.1) is 0 Å². The number of hydrogen-bond donors (Lipinski definition) is 0. The molecule has 0 nitrogen and oxygen atoms in total. The molecular formula is H10AsF6Li. The topological polar surface area (TPSA) is 0 Å². The van der Waals surface area contributed by atoms with Gasteiger partial charge in [-0.3, -0.25) is 28.2 Å². The monoisotopic (exact) mass is 206 g/mol. The minimum atomic E-state index is 0. The van der Waals surface area contributed by atoms with Gasteiger partial charge in [0.25, 0.3) is 0 Å². The van der Waals surface area contributed by atoms with E-state index >= 15 is 0 Å². The quantitative estimate of drug-likeness (QED) is 0.290. The van der Waals surface area contributed by atoms with Crippen LogP contribution in [0.5, 0.6) is 0 Å². The van der Waals surface area contributed by atoms with Crippen LogP contribution in [0.3, 0.4) is 0 Å². The molecule has 0 aliphatic carbocycles. The molecule has 0 saturated carbocycles. The van der Waals surface area contributed by atoms with Crippen LogP contribution in [-0.2, 0) is 0 Å². The molecule has 0 spiro atoms. The SMILES string of the molecule is F.F.F.F.F.F.[AsH3].[H-].[Li+]. The maximum atomic E-state index is 0. The molecule has 0 bridgehead atoms. The summed E-state index contributed by atoms with van der Waals surface area (Å²) in [6.45, 7) is 0. The van der Waals surface area contributed by atoms with E-state index in [1.807, 2.05) is 0 Å². The molecule has 1 unspecified atom stereocenters. The Morgan fingerprint density at radius 3 is 0.500 bits per heavy atom. The van der Waals surface area contributed by atoms with Gasteiger partial charge in [0.1, 0.15) is 0 Å². The average Bonchev–Trinajstić information content (AvgIpc) is 0. The number of halogens is 6. The van der Waals surface area contributed by atoms with Crippen molar-refractivity contribution in [3.05, 3.63) is 0 Å². The van der Waals surface area contributed by atoms with E-state index in [0.29, 0.717) is 0 Å². The molecule has 0 fully saturated rings. The molecule has 0 aliphatic rings. The Kier molecular flexibility index (Phi) is 78200. The Bertz CT molecular complexity index is 13.0. The molecule has 8 heteroatoms. The fourth-order valence-electron chi connectivity index (χ4n) is 0. The smallest absolute Gasteiger partial charge is 1.00 e. The summed E-state index contributed by atoms with van der Waals surface area (Å²) in [7, 11) is 0. The molecule has 8 heavy (non-hydrogen) atoms. The van der Waals surface area contributed by atoms with Gasteiger partial charge >= 0.3 is 36.8 Å². The van der Waals surface area contributed by atoms with Crippen LogP contribution in [0.4, 0.5) is 28.2 Å². The largest absolute Gasteiger partial charge is 1.00 e. The molecule has 0 amide bonds. The van der Waals surface area contributed by atoms with E-state index in [1.165, 1.54) is 0 Å². The molecule has 58 valence electrons. The molecule has 0 saturated heterocycles. The van der Waals surface area contributed by atoms with E-state index in [-0.39, 0.29) is 66.5 Å². The molecule has 1 atom stereocenters. The predicted molar refractivity (Wildman–Crippen MR) is 26.1 cm³/mol. The molecule has 0 aromatic carbocycles. The molecule has 0 aromatic heterocycles. The Morgan fingerprint density at radius 2 is 0.500 bits per heavy atom. The Hall–Kier alpha value is 0.736. The van der Waals surface area contributed by atoms with E-state index in [1.54, 1.807) is 0 Å². The third kappa shape index (κ3) is 409. The van der Waals surface area contributed by atoms with E-state index in [0.717, 1.165) is 0 Å². The first kappa shape index (κ1) is 965. The second-order valence-electron chi connectivity index (χ2n) is 0. The first-order valence-electron chi connectivity index (χ1n) is 0. The molecule has 0 aromatic rings. The van der Waals surface area contributed by atoms with E-state index < -0.39 is 0 Å². The van der Waals surface area contributed by atoms with Gasteiger partial charge in [-0.25, -0.2) is 0 Å².